The van der Waals surface area contributed by atoms with Crippen molar-refractivity contribution < 1.29 is 9.18 Å². The van der Waals surface area contributed by atoms with Crippen molar-refractivity contribution in [3.63, 3.8) is 0 Å². The molecule has 0 saturated carbocycles. The lowest BCUT2D eigenvalue weighted by atomic mass is 9.95. The number of rotatable bonds is 2. The largest absolute Gasteiger partial charge is 0.289 e. The highest BCUT2D eigenvalue weighted by molar-refractivity contribution is 14.1. The van der Waals surface area contributed by atoms with E-state index in [1.807, 2.05) is 18.2 Å². The predicted octanol–water partition coefficient (Wildman–Crippen LogP) is 4.28. The number of benzene rings is 2. The highest BCUT2D eigenvalue weighted by Gasteiger charge is 2.15. The van der Waals surface area contributed by atoms with Crippen LogP contribution in [0.1, 0.15) is 27.0 Å². The first kappa shape index (κ1) is 13.2. The highest BCUT2D eigenvalue weighted by atomic mass is 127. The van der Waals surface area contributed by atoms with Gasteiger partial charge in [0, 0.05) is 14.7 Å². The number of ketones is 1. The van der Waals surface area contributed by atoms with E-state index in [0.717, 1.165) is 3.57 Å². The molecule has 0 heterocycles. The van der Waals surface area contributed by atoms with Crippen molar-refractivity contribution >= 4 is 28.4 Å². The zero-order chi connectivity index (χ0) is 13.3. The van der Waals surface area contributed by atoms with Crippen LogP contribution in [-0.2, 0) is 0 Å². The summed E-state index contributed by atoms with van der Waals surface area (Å²) < 4.78 is 14.2. The molecule has 1 nitrogen and oxygen atoms in total. The maximum absolute atomic E-state index is 13.2. The van der Waals surface area contributed by atoms with Crippen LogP contribution in [0.25, 0.3) is 0 Å². The second-order valence-electron chi connectivity index (χ2n) is 4.25. The van der Waals surface area contributed by atoms with Crippen LogP contribution in [0.15, 0.2) is 36.4 Å². The SMILES string of the molecule is Cc1cc(F)cc(C)c1C(=O)c1cccc(I)c1. The Morgan fingerprint density at radius 2 is 1.72 bits per heavy atom. The molecular formula is C15H12FIO. The van der Waals surface area contributed by atoms with Crippen molar-refractivity contribution in [2.45, 2.75) is 13.8 Å². The van der Waals surface area contributed by atoms with Crippen LogP contribution in [0.3, 0.4) is 0 Å². The molecule has 0 aliphatic heterocycles. The van der Waals surface area contributed by atoms with Crippen molar-refractivity contribution in [1.82, 2.24) is 0 Å². The van der Waals surface area contributed by atoms with E-state index in [1.165, 1.54) is 12.1 Å². The van der Waals surface area contributed by atoms with Gasteiger partial charge in [-0.05, 0) is 71.8 Å². The number of carbonyl (C=O) groups excluding carboxylic acids is 1. The molecule has 2 aromatic rings. The molecule has 0 saturated heterocycles. The van der Waals surface area contributed by atoms with Crippen molar-refractivity contribution in [2.24, 2.45) is 0 Å². The molecule has 92 valence electrons. The van der Waals surface area contributed by atoms with Gasteiger partial charge in [0.25, 0.3) is 0 Å². The van der Waals surface area contributed by atoms with Gasteiger partial charge in [0.1, 0.15) is 5.82 Å². The second kappa shape index (κ2) is 5.18. The Balaban J connectivity index is 2.53. The Kier molecular flexibility index (Phi) is 3.80. The third-order valence-electron chi connectivity index (χ3n) is 2.81. The molecule has 0 aromatic heterocycles. The molecule has 0 spiro atoms. The molecule has 0 unspecified atom stereocenters. The summed E-state index contributed by atoms with van der Waals surface area (Å²) in [7, 11) is 0. The van der Waals surface area contributed by atoms with Gasteiger partial charge in [-0.3, -0.25) is 4.79 Å². The van der Waals surface area contributed by atoms with Gasteiger partial charge in [0.2, 0.25) is 0 Å². The Morgan fingerprint density at radius 3 is 2.28 bits per heavy atom. The molecule has 0 atom stereocenters. The van der Waals surface area contributed by atoms with Gasteiger partial charge in [-0.15, -0.1) is 0 Å². The Morgan fingerprint density at radius 1 is 1.11 bits per heavy atom. The van der Waals surface area contributed by atoms with Gasteiger partial charge in [-0.1, -0.05) is 12.1 Å². The molecule has 2 aromatic carbocycles. The fourth-order valence-corrected chi connectivity index (χ4v) is 2.59. The van der Waals surface area contributed by atoms with Gasteiger partial charge < -0.3 is 0 Å². The van der Waals surface area contributed by atoms with E-state index in [2.05, 4.69) is 22.6 Å². The average molecular weight is 354 g/mol. The standard InChI is InChI=1S/C15H12FIO/c1-9-6-12(16)7-10(2)14(9)15(18)11-4-3-5-13(17)8-11/h3-8H,1-2H3. The quantitative estimate of drug-likeness (QED) is 0.581. The molecule has 0 N–H and O–H groups in total. The lowest BCUT2D eigenvalue weighted by Gasteiger charge is -2.09. The number of halogens is 2. The lowest BCUT2D eigenvalue weighted by Crippen LogP contribution is -2.07. The van der Waals surface area contributed by atoms with Gasteiger partial charge in [-0.25, -0.2) is 4.39 Å². The fourth-order valence-electron chi connectivity index (χ4n) is 2.04. The van der Waals surface area contributed by atoms with Gasteiger partial charge in [0.05, 0.1) is 0 Å². The minimum atomic E-state index is -0.302. The molecule has 0 radical (unpaired) electrons. The lowest BCUT2D eigenvalue weighted by molar-refractivity contribution is 0.103. The number of hydrogen-bond acceptors (Lipinski definition) is 1. The summed E-state index contributed by atoms with van der Waals surface area (Å²) in [5, 5.41) is 0. The maximum Gasteiger partial charge on any atom is 0.193 e. The number of hydrogen-bond donors (Lipinski definition) is 0. The Hall–Kier alpha value is -1.23. The zero-order valence-corrected chi connectivity index (χ0v) is 12.3. The smallest absolute Gasteiger partial charge is 0.193 e. The van der Waals surface area contributed by atoms with E-state index in [0.29, 0.717) is 22.3 Å². The Labute approximate surface area is 119 Å². The Bertz CT molecular complexity index is 597. The summed E-state index contributed by atoms with van der Waals surface area (Å²) in [6, 6.07) is 10.2. The van der Waals surface area contributed by atoms with E-state index in [9.17, 15) is 9.18 Å². The first-order valence-electron chi connectivity index (χ1n) is 5.56. The summed E-state index contributed by atoms with van der Waals surface area (Å²) in [4.78, 5) is 12.4. The summed E-state index contributed by atoms with van der Waals surface area (Å²) in [5.74, 6) is -0.354. The molecule has 0 fully saturated rings. The molecule has 18 heavy (non-hydrogen) atoms. The average Bonchev–Trinajstić information content (AvgIpc) is 2.27. The molecule has 0 aliphatic rings. The summed E-state index contributed by atoms with van der Waals surface area (Å²) in [6.07, 6.45) is 0. The molecular weight excluding hydrogens is 342 g/mol. The first-order valence-corrected chi connectivity index (χ1v) is 6.64. The molecule has 0 aliphatic carbocycles. The third kappa shape index (κ3) is 2.61. The van der Waals surface area contributed by atoms with Crippen LogP contribution in [0.2, 0.25) is 0 Å². The van der Waals surface area contributed by atoms with Crippen molar-refractivity contribution in [3.05, 3.63) is 68.0 Å². The van der Waals surface area contributed by atoms with Crippen LogP contribution in [-0.4, -0.2) is 5.78 Å². The van der Waals surface area contributed by atoms with E-state index in [1.54, 1.807) is 19.9 Å². The van der Waals surface area contributed by atoms with Gasteiger partial charge in [0.15, 0.2) is 5.78 Å². The number of carbonyl (C=O) groups is 1. The van der Waals surface area contributed by atoms with Crippen molar-refractivity contribution in [2.75, 3.05) is 0 Å². The predicted molar refractivity (Wildman–Crippen MR) is 78.5 cm³/mol. The highest BCUT2D eigenvalue weighted by Crippen LogP contribution is 2.20. The van der Waals surface area contributed by atoms with E-state index in [4.69, 9.17) is 0 Å². The minimum absolute atomic E-state index is 0.0523. The fraction of sp³-hybridized carbons (Fsp3) is 0.133. The monoisotopic (exact) mass is 354 g/mol. The summed E-state index contributed by atoms with van der Waals surface area (Å²) in [6.45, 7) is 3.52. The van der Waals surface area contributed by atoms with Crippen LogP contribution < -0.4 is 0 Å². The molecule has 0 bridgehead atoms. The van der Waals surface area contributed by atoms with Crippen molar-refractivity contribution in [3.8, 4) is 0 Å². The van der Waals surface area contributed by atoms with Crippen LogP contribution in [0.5, 0.6) is 0 Å². The van der Waals surface area contributed by atoms with Gasteiger partial charge >= 0.3 is 0 Å². The van der Waals surface area contributed by atoms with Crippen LogP contribution >= 0.6 is 22.6 Å². The topological polar surface area (TPSA) is 17.1 Å². The van der Waals surface area contributed by atoms with Crippen LogP contribution in [0.4, 0.5) is 4.39 Å². The van der Waals surface area contributed by atoms with Gasteiger partial charge in [-0.2, -0.15) is 0 Å². The molecule has 0 amide bonds. The molecule has 3 heteroatoms. The molecule has 2 rings (SSSR count). The van der Waals surface area contributed by atoms with Crippen molar-refractivity contribution in [1.29, 1.82) is 0 Å². The minimum Gasteiger partial charge on any atom is -0.289 e. The van der Waals surface area contributed by atoms with E-state index < -0.39 is 0 Å². The normalized spacial score (nSPS) is 10.4. The third-order valence-corrected chi connectivity index (χ3v) is 3.48. The second-order valence-corrected chi connectivity index (χ2v) is 5.50. The van der Waals surface area contributed by atoms with E-state index in [-0.39, 0.29) is 11.6 Å². The summed E-state index contributed by atoms with van der Waals surface area (Å²) in [5.41, 5.74) is 2.59. The first-order chi connectivity index (χ1) is 8.49. The summed E-state index contributed by atoms with van der Waals surface area (Å²) >= 11 is 2.17. The number of aryl methyl sites for hydroxylation is 2. The maximum atomic E-state index is 13.2. The van der Waals surface area contributed by atoms with Crippen LogP contribution in [0, 0.1) is 23.2 Å². The zero-order valence-electron chi connectivity index (χ0n) is 10.1. The van der Waals surface area contributed by atoms with E-state index >= 15 is 0 Å².